The number of carbonyl (C=O) groups excluding carboxylic acids is 1. The minimum absolute atomic E-state index is 0.248. The van der Waals surface area contributed by atoms with Crippen molar-refractivity contribution in [3.8, 4) is 0 Å². The van der Waals surface area contributed by atoms with Gasteiger partial charge in [0.15, 0.2) is 0 Å². The van der Waals surface area contributed by atoms with E-state index in [1.54, 1.807) is 12.3 Å². The molecular formula is C14H14ClN3O. The summed E-state index contributed by atoms with van der Waals surface area (Å²) in [6.07, 6.45) is 2.99. The number of nitrogens with zero attached hydrogens (tertiary/aromatic N) is 2. The summed E-state index contributed by atoms with van der Waals surface area (Å²) in [5, 5.41) is 3.19. The molecule has 98 valence electrons. The highest BCUT2D eigenvalue weighted by Crippen LogP contribution is 2.24. The molecule has 0 radical (unpaired) electrons. The van der Waals surface area contributed by atoms with Crippen molar-refractivity contribution in [2.45, 2.75) is 0 Å². The molecule has 2 rings (SSSR count). The first-order chi connectivity index (χ1) is 9.09. The van der Waals surface area contributed by atoms with Gasteiger partial charge in [0, 0.05) is 26.5 Å². The van der Waals surface area contributed by atoms with Gasteiger partial charge in [-0.15, -0.1) is 0 Å². The van der Waals surface area contributed by atoms with Crippen LogP contribution in [0.2, 0.25) is 5.02 Å². The van der Waals surface area contributed by atoms with Crippen molar-refractivity contribution in [3.63, 3.8) is 0 Å². The Labute approximate surface area is 117 Å². The lowest BCUT2D eigenvalue weighted by Crippen LogP contribution is -2.17. The van der Waals surface area contributed by atoms with Gasteiger partial charge in [0.1, 0.15) is 0 Å². The van der Waals surface area contributed by atoms with Gasteiger partial charge in [0.05, 0.1) is 22.0 Å². The third kappa shape index (κ3) is 3.03. The van der Waals surface area contributed by atoms with E-state index in [1.807, 2.05) is 43.3 Å². The predicted molar refractivity (Wildman–Crippen MR) is 78.0 cm³/mol. The van der Waals surface area contributed by atoms with Gasteiger partial charge in [-0.05, 0) is 18.2 Å². The van der Waals surface area contributed by atoms with Crippen molar-refractivity contribution in [2.75, 3.05) is 24.3 Å². The van der Waals surface area contributed by atoms with Gasteiger partial charge in [-0.1, -0.05) is 23.7 Å². The number of benzene rings is 1. The van der Waals surface area contributed by atoms with Gasteiger partial charge < -0.3 is 10.2 Å². The minimum atomic E-state index is -0.248. The van der Waals surface area contributed by atoms with E-state index in [9.17, 15) is 4.79 Å². The van der Waals surface area contributed by atoms with Gasteiger partial charge >= 0.3 is 0 Å². The second-order valence-corrected chi connectivity index (χ2v) is 4.63. The normalized spacial score (nSPS) is 10.1. The molecule has 2 aromatic rings. The predicted octanol–water partition coefficient (Wildman–Crippen LogP) is 3.05. The molecular weight excluding hydrogens is 262 g/mol. The van der Waals surface area contributed by atoms with Crippen LogP contribution < -0.4 is 10.2 Å². The highest BCUT2D eigenvalue weighted by atomic mass is 35.5. The summed E-state index contributed by atoms with van der Waals surface area (Å²) in [4.78, 5) is 18.0. The second kappa shape index (κ2) is 5.71. The number of hydrogen-bond acceptors (Lipinski definition) is 3. The molecule has 0 saturated carbocycles. The number of hydrogen-bond donors (Lipinski definition) is 1. The molecule has 0 spiro atoms. The maximum atomic E-state index is 12.2. The fourth-order valence-electron chi connectivity index (χ4n) is 1.72. The third-order valence-electron chi connectivity index (χ3n) is 2.65. The van der Waals surface area contributed by atoms with Crippen molar-refractivity contribution in [3.05, 3.63) is 53.3 Å². The molecule has 0 bridgehead atoms. The lowest BCUT2D eigenvalue weighted by molar-refractivity contribution is 0.102. The summed E-state index contributed by atoms with van der Waals surface area (Å²) in [7, 11) is 3.84. The lowest BCUT2D eigenvalue weighted by atomic mass is 10.2. The Bertz CT molecular complexity index is 599. The molecule has 0 aliphatic heterocycles. The average Bonchev–Trinajstić information content (AvgIpc) is 2.39. The average molecular weight is 276 g/mol. The van der Waals surface area contributed by atoms with E-state index < -0.39 is 0 Å². The zero-order valence-corrected chi connectivity index (χ0v) is 11.5. The number of carbonyl (C=O) groups is 1. The maximum Gasteiger partial charge on any atom is 0.257 e. The Morgan fingerprint density at radius 3 is 2.68 bits per heavy atom. The third-order valence-corrected chi connectivity index (χ3v) is 2.95. The number of pyridine rings is 1. The zero-order valence-electron chi connectivity index (χ0n) is 10.7. The van der Waals surface area contributed by atoms with Crippen LogP contribution in [0.5, 0.6) is 0 Å². The second-order valence-electron chi connectivity index (χ2n) is 4.22. The Morgan fingerprint density at radius 1 is 1.26 bits per heavy atom. The summed E-state index contributed by atoms with van der Waals surface area (Å²) in [5.74, 6) is -0.248. The summed E-state index contributed by atoms with van der Waals surface area (Å²) in [6, 6.07) is 9.17. The highest BCUT2D eigenvalue weighted by molar-refractivity contribution is 6.34. The van der Waals surface area contributed by atoms with E-state index >= 15 is 0 Å². The van der Waals surface area contributed by atoms with Crippen molar-refractivity contribution in [1.82, 2.24) is 4.98 Å². The molecule has 1 aromatic carbocycles. The lowest BCUT2D eigenvalue weighted by Gasteiger charge is -2.17. The topological polar surface area (TPSA) is 45.2 Å². The summed E-state index contributed by atoms with van der Waals surface area (Å²) in [6.45, 7) is 0. The van der Waals surface area contributed by atoms with Crippen LogP contribution in [0.4, 0.5) is 11.4 Å². The van der Waals surface area contributed by atoms with E-state index in [0.29, 0.717) is 10.6 Å². The number of para-hydroxylation sites is 2. The Kier molecular flexibility index (Phi) is 4.02. The first-order valence-electron chi connectivity index (χ1n) is 5.77. The summed E-state index contributed by atoms with van der Waals surface area (Å²) < 4.78 is 0. The number of amides is 1. The number of halogens is 1. The first kappa shape index (κ1) is 13.4. The molecule has 0 aliphatic carbocycles. The molecule has 0 aliphatic rings. The van der Waals surface area contributed by atoms with Crippen LogP contribution in [0.15, 0.2) is 42.7 Å². The molecule has 0 atom stereocenters. The summed E-state index contributed by atoms with van der Waals surface area (Å²) in [5.41, 5.74) is 2.08. The molecule has 0 fully saturated rings. The molecule has 1 amide bonds. The fraction of sp³-hybridized carbons (Fsp3) is 0.143. The Balaban J connectivity index is 2.27. The molecule has 1 aromatic heterocycles. The first-order valence-corrected chi connectivity index (χ1v) is 6.14. The highest BCUT2D eigenvalue weighted by Gasteiger charge is 2.12. The van der Waals surface area contributed by atoms with Crippen LogP contribution in [0.3, 0.4) is 0 Å². The minimum Gasteiger partial charge on any atom is -0.376 e. The zero-order chi connectivity index (χ0) is 13.8. The van der Waals surface area contributed by atoms with Crippen molar-refractivity contribution in [1.29, 1.82) is 0 Å². The molecule has 1 N–H and O–H groups in total. The number of aromatic nitrogens is 1. The maximum absolute atomic E-state index is 12.2. The summed E-state index contributed by atoms with van der Waals surface area (Å²) >= 11 is 5.95. The van der Waals surface area contributed by atoms with Crippen LogP contribution in [0.25, 0.3) is 0 Å². The quantitative estimate of drug-likeness (QED) is 0.936. The van der Waals surface area contributed by atoms with E-state index in [-0.39, 0.29) is 5.91 Å². The largest absolute Gasteiger partial charge is 0.376 e. The Hall–Kier alpha value is -2.07. The van der Waals surface area contributed by atoms with Gasteiger partial charge in [-0.25, -0.2) is 0 Å². The number of nitrogens with one attached hydrogen (secondary N) is 1. The van der Waals surface area contributed by atoms with Crippen molar-refractivity contribution in [2.24, 2.45) is 0 Å². The monoisotopic (exact) mass is 275 g/mol. The number of anilines is 2. The van der Waals surface area contributed by atoms with Crippen molar-refractivity contribution < 1.29 is 4.79 Å². The van der Waals surface area contributed by atoms with Crippen LogP contribution in [-0.2, 0) is 0 Å². The molecule has 0 unspecified atom stereocenters. The molecule has 19 heavy (non-hydrogen) atoms. The molecule has 1 heterocycles. The van der Waals surface area contributed by atoms with E-state index in [2.05, 4.69) is 10.3 Å². The molecule has 0 saturated heterocycles. The van der Waals surface area contributed by atoms with Crippen LogP contribution in [-0.4, -0.2) is 25.0 Å². The molecule has 4 nitrogen and oxygen atoms in total. The van der Waals surface area contributed by atoms with Crippen LogP contribution in [0.1, 0.15) is 10.4 Å². The van der Waals surface area contributed by atoms with Crippen LogP contribution >= 0.6 is 11.6 Å². The number of rotatable bonds is 3. The van der Waals surface area contributed by atoms with E-state index in [0.717, 1.165) is 11.4 Å². The van der Waals surface area contributed by atoms with E-state index in [4.69, 9.17) is 11.6 Å². The van der Waals surface area contributed by atoms with Gasteiger partial charge in [-0.3, -0.25) is 9.78 Å². The van der Waals surface area contributed by atoms with Gasteiger partial charge in [-0.2, -0.15) is 0 Å². The standard InChI is InChI=1S/C14H14ClN3O/c1-18(2)13-6-4-3-5-12(13)17-14(19)10-7-8-16-9-11(10)15/h3-9H,1-2H3,(H,17,19). The Morgan fingerprint density at radius 2 is 2.00 bits per heavy atom. The molecule has 5 heteroatoms. The van der Waals surface area contributed by atoms with Gasteiger partial charge in [0.2, 0.25) is 0 Å². The van der Waals surface area contributed by atoms with E-state index in [1.165, 1.54) is 6.20 Å². The van der Waals surface area contributed by atoms with Crippen molar-refractivity contribution >= 4 is 28.9 Å². The fourth-order valence-corrected chi connectivity index (χ4v) is 1.92. The van der Waals surface area contributed by atoms with Gasteiger partial charge in [0.25, 0.3) is 5.91 Å². The van der Waals surface area contributed by atoms with Crippen LogP contribution in [0, 0.1) is 0 Å². The smallest absolute Gasteiger partial charge is 0.257 e. The SMILES string of the molecule is CN(C)c1ccccc1NC(=O)c1ccncc1Cl.